The summed E-state index contributed by atoms with van der Waals surface area (Å²) >= 11 is 1.69. The van der Waals surface area contributed by atoms with Crippen molar-refractivity contribution in [2.45, 2.75) is 20.8 Å². The minimum Gasteiger partial charge on any atom is -0.298 e. The highest BCUT2D eigenvalue weighted by atomic mass is 32.1. The molecule has 4 nitrogen and oxygen atoms in total. The average Bonchev–Trinajstić information content (AvgIpc) is 2.71. The molecular formula is C13H16N4S. The van der Waals surface area contributed by atoms with Crippen LogP contribution in [0, 0.1) is 20.8 Å². The number of nitrogens with zero attached hydrogens (tertiary/aromatic N) is 2. The summed E-state index contributed by atoms with van der Waals surface area (Å²) in [5, 5.41) is 0. The number of hydrogen-bond acceptors (Lipinski definition) is 5. The van der Waals surface area contributed by atoms with E-state index in [1.807, 2.05) is 26.0 Å². The Morgan fingerprint density at radius 3 is 2.39 bits per heavy atom. The van der Waals surface area contributed by atoms with Crippen molar-refractivity contribution in [1.29, 1.82) is 0 Å². The zero-order valence-corrected chi connectivity index (χ0v) is 11.6. The minimum atomic E-state index is 0.557. The molecule has 0 aromatic carbocycles. The van der Waals surface area contributed by atoms with Crippen molar-refractivity contribution in [2.75, 3.05) is 5.43 Å². The van der Waals surface area contributed by atoms with E-state index in [4.69, 9.17) is 0 Å². The van der Waals surface area contributed by atoms with Crippen LogP contribution in [0.15, 0.2) is 24.8 Å². The van der Waals surface area contributed by atoms with Gasteiger partial charge in [0.25, 0.3) is 0 Å². The Hall–Kier alpha value is -1.88. The molecule has 0 saturated heterocycles. The molecule has 0 bridgehead atoms. The van der Waals surface area contributed by atoms with Crippen molar-refractivity contribution >= 4 is 23.0 Å². The van der Waals surface area contributed by atoms with Crippen molar-refractivity contribution in [2.24, 2.45) is 0 Å². The van der Waals surface area contributed by atoms with Gasteiger partial charge >= 0.3 is 0 Å². The van der Waals surface area contributed by atoms with Gasteiger partial charge < -0.3 is 0 Å². The van der Waals surface area contributed by atoms with Gasteiger partial charge in [-0.15, -0.1) is 11.3 Å². The third-order valence-electron chi connectivity index (χ3n) is 2.35. The molecule has 0 radical (unpaired) electrons. The Morgan fingerprint density at radius 2 is 1.83 bits per heavy atom. The lowest BCUT2D eigenvalue weighted by Crippen LogP contribution is -2.21. The first kappa shape index (κ1) is 12.6. The van der Waals surface area contributed by atoms with Crippen LogP contribution in [0.5, 0.6) is 0 Å². The molecule has 2 N–H and O–H groups in total. The van der Waals surface area contributed by atoms with Crippen LogP contribution < -0.4 is 10.9 Å². The zero-order chi connectivity index (χ0) is 13.1. The molecule has 2 aromatic rings. The Kier molecular flexibility index (Phi) is 3.62. The monoisotopic (exact) mass is 260 g/mol. The molecular weight excluding hydrogens is 244 g/mol. The molecule has 0 aliphatic heterocycles. The van der Waals surface area contributed by atoms with Crippen LogP contribution >= 0.6 is 11.3 Å². The van der Waals surface area contributed by atoms with Crippen LogP contribution in [0.3, 0.4) is 0 Å². The van der Waals surface area contributed by atoms with E-state index in [0.29, 0.717) is 5.95 Å². The lowest BCUT2D eigenvalue weighted by atomic mass is 10.4. The Balaban J connectivity index is 2.01. The maximum atomic E-state index is 4.28. The van der Waals surface area contributed by atoms with Gasteiger partial charge in [0.1, 0.15) is 0 Å². The second-order valence-electron chi connectivity index (χ2n) is 4.11. The van der Waals surface area contributed by atoms with Crippen LogP contribution in [0.4, 0.5) is 5.95 Å². The van der Waals surface area contributed by atoms with Gasteiger partial charge in [0.05, 0.1) is 10.6 Å². The van der Waals surface area contributed by atoms with Crippen LogP contribution in [0.25, 0.3) is 5.70 Å². The summed E-state index contributed by atoms with van der Waals surface area (Å²) in [6, 6.07) is 6.04. The molecule has 94 valence electrons. The van der Waals surface area contributed by atoms with E-state index in [2.05, 4.69) is 40.4 Å². The van der Waals surface area contributed by atoms with E-state index in [-0.39, 0.29) is 0 Å². The standard InChI is InChI=1S/C13H16N4S/c1-8-7-9(2)15-13(14-8)17-16-11(4)12-6-5-10(3)18-12/h5-7,16H,4H2,1-3H3,(H,14,15,17). The number of hydrogen-bond donors (Lipinski definition) is 2. The predicted molar refractivity (Wildman–Crippen MR) is 76.4 cm³/mol. The predicted octanol–water partition coefficient (Wildman–Crippen LogP) is 3.05. The molecule has 0 aliphatic rings. The maximum Gasteiger partial charge on any atom is 0.242 e. The zero-order valence-electron chi connectivity index (χ0n) is 10.7. The van der Waals surface area contributed by atoms with E-state index in [9.17, 15) is 0 Å². The lowest BCUT2D eigenvalue weighted by molar-refractivity contribution is 0.975. The molecule has 0 aliphatic carbocycles. The Morgan fingerprint density at radius 1 is 1.17 bits per heavy atom. The number of hydrazine groups is 1. The highest BCUT2D eigenvalue weighted by molar-refractivity contribution is 7.13. The minimum absolute atomic E-state index is 0.557. The fourth-order valence-electron chi connectivity index (χ4n) is 1.57. The fourth-order valence-corrected chi connectivity index (χ4v) is 2.36. The molecule has 2 heterocycles. The summed E-state index contributed by atoms with van der Waals surface area (Å²) in [5.41, 5.74) is 8.68. The van der Waals surface area contributed by atoms with Gasteiger partial charge in [-0.2, -0.15) is 0 Å². The molecule has 18 heavy (non-hydrogen) atoms. The number of nitrogens with one attached hydrogen (secondary N) is 2. The van der Waals surface area contributed by atoms with Gasteiger partial charge in [0.2, 0.25) is 5.95 Å². The SMILES string of the molecule is C=C(NNc1nc(C)cc(C)n1)c1ccc(C)s1. The Labute approximate surface area is 111 Å². The summed E-state index contributed by atoms with van der Waals surface area (Å²) in [6.45, 7) is 9.93. The van der Waals surface area contributed by atoms with Gasteiger partial charge in [-0.25, -0.2) is 9.97 Å². The van der Waals surface area contributed by atoms with E-state index >= 15 is 0 Å². The first-order chi connectivity index (χ1) is 8.54. The second kappa shape index (κ2) is 5.18. The van der Waals surface area contributed by atoms with Gasteiger partial charge in [-0.3, -0.25) is 10.9 Å². The molecule has 2 rings (SSSR count). The van der Waals surface area contributed by atoms with E-state index in [1.54, 1.807) is 11.3 Å². The topological polar surface area (TPSA) is 49.8 Å². The molecule has 0 amide bonds. The van der Waals surface area contributed by atoms with E-state index < -0.39 is 0 Å². The number of anilines is 1. The summed E-state index contributed by atoms with van der Waals surface area (Å²) in [7, 11) is 0. The lowest BCUT2D eigenvalue weighted by Gasteiger charge is -2.10. The molecule has 5 heteroatoms. The number of aryl methyl sites for hydroxylation is 3. The normalized spacial score (nSPS) is 10.2. The smallest absolute Gasteiger partial charge is 0.242 e. The van der Waals surface area contributed by atoms with Gasteiger partial charge in [-0.05, 0) is 39.0 Å². The molecule has 0 fully saturated rings. The second-order valence-corrected chi connectivity index (χ2v) is 5.40. The number of rotatable bonds is 4. The summed E-state index contributed by atoms with van der Waals surface area (Å²) in [6.07, 6.45) is 0. The van der Waals surface area contributed by atoms with Crippen LogP contribution in [-0.2, 0) is 0 Å². The highest BCUT2D eigenvalue weighted by Crippen LogP contribution is 2.20. The van der Waals surface area contributed by atoms with Crippen molar-refractivity contribution in [3.63, 3.8) is 0 Å². The first-order valence-electron chi connectivity index (χ1n) is 5.64. The van der Waals surface area contributed by atoms with Crippen LogP contribution in [0.2, 0.25) is 0 Å². The third-order valence-corrected chi connectivity index (χ3v) is 3.41. The summed E-state index contributed by atoms with van der Waals surface area (Å²) in [5.74, 6) is 0.557. The van der Waals surface area contributed by atoms with Crippen molar-refractivity contribution in [3.05, 3.63) is 45.9 Å². The van der Waals surface area contributed by atoms with Crippen LogP contribution in [0.1, 0.15) is 21.1 Å². The van der Waals surface area contributed by atoms with Gasteiger partial charge in [0, 0.05) is 16.3 Å². The largest absolute Gasteiger partial charge is 0.298 e. The summed E-state index contributed by atoms with van der Waals surface area (Å²) < 4.78 is 0. The molecule has 0 saturated carbocycles. The molecule has 0 atom stereocenters. The fraction of sp³-hybridized carbons (Fsp3) is 0.231. The Bertz CT molecular complexity index is 554. The maximum absolute atomic E-state index is 4.28. The number of thiophene rings is 1. The summed E-state index contributed by atoms with van der Waals surface area (Å²) in [4.78, 5) is 10.9. The van der Waals surface area contributed by atoms with Crippen molar-refractivity contribution in [1.82, 2.24) is 15.4 Å². The van der Waals surface area contributed by atoms with Gasteiger partial charge in [0.15, 0.2) is 0 Å². The van der Waals surface area contributed by atoms with Crippen LogP contribution in [-0.4, -0.2) is 9.97 Å². The quantitative estimate of drug-likeness (QED) is 0.830. The molecule has 2 aromatic heterocycles. The number of aromatic nitrogens is 2. The van der Waals surface area contributed by atoms with Crippen molar-refractivity contribution < 1.29 is 0 Å². The molecule has 0 unspecified atom stereocenters. The molecule has 0 spiro atoms. The average molecular weight is 260 g/mol. The van der Waals surface area contributed by atoms with E-state index in [1.165, 1.54) is 4.88 Å². The van der Waals surface area contributed by atoms with Crippen molar-refractivity contribution in [3.8, 4) is 0 Å². The third kappa shape index (κ3) is 3.07. The van der Waals surface area contributed by atoms with Gasteiger partial charge in [-0.1, -0.05) is 6.58 Å². The first-order valence-corrected chi connectivity index (χ1v) is 6.46. The highest BCUT2D eigenvalue weighted by Gasteiger charge is 2.03. The van der Waals surface area contributed by atoms with E-state index in [0.717, 1.165) is 22.0 Å².